The molecule has 29 heavy (non-hydrogen) atoms. The Kier molecular flexibility index (Phi) is 6.09. The van der Waals surface area contributed by atoms with Gasteiger partial charge in [-0.25, -0.2) is 0 Å². The first-order valence-corrected chi connectivity index (χ1v) is 10.9. The molecule has 1 aliphatic heterocycles. The van der Waals surface area contributed by atoms with Gasteiger partial charge in [0.05, 0.1) is 5.75 Å². The van der Waals surface area contributed by atoms with E-state index in [1.807, 2.05) is 42.5 Å². The third-order valence-corrected chi connectivity index (χ3v) is 6.14. The molecule has 0 N–H and O–H groups in total. The zero-order valence-electron chi connectivity index (χ0n) is 15.2. The average Bonchev–Trinajstić information content (AvgIpc) is 2.75. The standard InChI is InChI=1S/C22H16Cl2N2O2S/c23-18-10-6-16(7-11-18)21(27)25-29-14-20(15-4-2-1-3-5-15)28-22(26-29)17-8-12-19(24)13-9-17/h1-13,20H,14H2/t20-,29?/m0/s1. The summed E-state index contributed by atoms with van der Waals surface area (Å²) in [5.41, 5.74) is 2.29. The molecule has 1 aliphatic rings. The lowest BCUT2D eigenvalue weighted by Gasteiger charge is -2.25. The van der Waals surface area contributed by atoms with Crippen LogP contribution in [0.15, 0.2) is 87.6 Å². The lowest BCUT2D eigenvalue weighted by molar-refractivity contribution is 0.100. The number of hydrogen-bond acceptors (Lipinski definition) is 2. The maximum Gasteiger partial charge on any atom is 0.284 e. The topological polar surface area (TPSA) is 51.0 Å². The van der Waals surface area contributed by atoms with Crippen molar-refractivity contribution < 1.29 is 9.53 Å². The fraction of sp³-hybridized carbons (Fsp3) is 0.0909. The molecule has 0 radical (unpaired) electrons. The van der Waals surface area contributed by atoms with E-state index in [2.05, 4.69) is 8.76 Å². The number of nitrogens with zero attached hydrogens (tertiary/aromatic N) is 2. The largest absolute Gasteiger partial charge is 0.468 e. The molecular weight excluding hydrogens is 427 g/mol. The molecule has 3 aromatic carbocycles. The first kappa shape index (κ1) is 19.8. The van der Waals surface area contributed by atoms with Gasteiger partial charge in [-0.2, -0.15) is 8.76 Å². The van der Waals surface area contributed by atoms with Gasteiger partial charge in [0.15, 0.2) is 0 Å². The molecule has 0 saturated carbocycles. The SMILES string of the molecule is O=C(N=S1C[C@@H](c2ccccc2)OC(c2ccc(Cl)cc2)=N1)c1ccc(Cl)cc1. The Morgan fingerprint density at radius 2 is 1.55 bits per heavy atom. The number of benzene rings is 3. The van der Waals surface area contributed by atoms with E-state index in [0.717, 1.165) is 11.1 Å². The summed E-state index contributed by atoms with van der Waals surface area (Å²) in [6.07, 6.45) is -0.246. The highest BCUT2D eigenvalue weighted by Crippen LogP contribution is 2.27. The molecule has 146 valence electrons. The summed E-state index contributed by atoms with van der Waals surface area (Å²) in [5.74, 6) is 0.635. The van der Waals surface area contributed by atoms with E-state index in [9.17, 15) is 4.79 Å². The van der Waals surface area contributed by atoms with Gasteiger partial charge in [0, 0.05) is 32.0 Å². The van der Waals surface area contributed by atoms with Gasteiger partial charge in [-0.3, -0.25) is 4.79 Å². The van der Waals surface area contributed by atoms with Crippen LogP contribution in [0, 0.1) is 0 Å². The van der Waals surface area contributed by atoms with Crippen molar-refractivity contribution in [2.75, 3.05) is 5.75 Å². The van der Waals surface area contributed by atoms with Crippen LogP contribution in [0.2, 0.25) is 10.0 Å². The molecule has 4 nitrogen and oxygen atoms in total. The van der Waals surface area contributed by atoms with Crippen LogP contribution in [0.5, 0.6) is 0 Å². The Morgan fingerprint density at radius 3 is 2.21 bits per heavy atom. The molecule has 4 rings (SSSR count). The van der Waals surface area contributed by atoms with Crippen molar-refractivity contribution in [2.45, 2.75) is 6.10 Å². The van der Waals surface area contributed by atoms with Crippen LogP contribution < -0.4 is 0 Å². The van der Waals surface area contributed by atoms with E-state index in [1.54, 1.807) is 36.4 Å². The van der Waals surface area contributed by atoms with Crippen LogP contribution in [0.3, 0.4) is 0 Å². The molecule has 0 fully saturated rings. The third kappa shape index (κ3) is 4.93. The Balaban J connectivity index is 1.70. The van der Waals surface area contributed by atoms with Crippen molar-refractivity contribution >= 4 is 45.9 Å². The summed E-state index contributed by atoms with van der Waals surface area (Å²) in [6, 6.07) is 23.8. The fourth-order valence-corrected chi connectivity index (χ4v) is 4.41. The van der Waals surface area contributed by atoms with Gasteiger partial charge in [0.25, 0.3) is 5.91 Å². The highest BCUT2D eigenvalue weighted by Gasteiger charge is 2.25. The molecule has 2 atom stereocenters. The second-order valence-electron chi connectivity index (χ2n) is 6.33. The van der Waals surface area contributed by atoms with Crippen molar-refractivity contribution in [2.24, 2.45) is 8.76 Å². The molecule has 1 amide bonds. The van der Waals surface area contributed by atoms with Gasteiger partial charge < -0.3 is 4.74 Å². The maximum absolute atomic E-state index is 12.6. The zero-order chi connectivity index (χ0) is 20.2. The molecule has 0 bridgehead atoms. The van der Waals surface area contributed by atoms with Crippen LogP contribution in [0.1, 0.15) is 27.6 Å². The average molecular weight is 443 g/mol. The highest BCUT2D eigenvalue weighted by atomic mass is 35.5. The van der Waals surface area contributed by atoms with Crippen LogP contribution in [0.4, 0.5) is 0 Å². The second-order valence-corrected chi connectivity index (χ2v) is 8.58. The van der Waals surface area contributed by atoms with E-state index in [-0.39, 0.29) is 12.0 Å². The molecule has 1 unspecified atom stereocenters. The fourth-order valence-electron chi connectivity index (χ4n) is 2.80. The van der Waals surface area contributed by atoms with Gasteiger partial charge in [0.2, 0.25) is 5.90 Å². The Bertz CT molecular complexity index is 1080. The molecule has 0 saturated heterocycles. The van der Waals surface area contributed by atoms with Crippen LogP contribution >= 0.6 is 23.2 Å². The van der Waals surface area contributed by atoms with E-state index in [0.29, 0.717) is 27.3 Å². The number of rotatable bonds is 3. The minimum absolute atomic E-state index is 0.246. The maximum atomic E-state index is 12.6. The minimum atomic E-state index is -0.875. The van der Waals surface area contributed by atoms with Gasteiger partial charge in [-0.1, -0.05) is 53.5 Å². The number of halogens is 2. The van der Waals surface area contributed by atoms with E-state index < -0.39 is 10.9 Å². The summed E-state index contributed by atoms with van der Waals surface area (Å²) in [4.78, 5) is 12.6. The second kappa shape index (κ2) is 8.91. The van der Waals surface area contributed by atoms with Crippen LogP contribution in [-0.4, -0.2) is 17.6 Å². The number of ether oxygens (including phenoxy) is 1. The quantitative estimate of drug-likeness (QED) is 0.494. The molecule has 0 aliphatic carbocycles. The number of hydrogen-bond donors (Lipinski definition) is 0. The number of amides is 1. The van der Waals surface area contributed by atoms with Gasteiger partial charge >= 0.3 is 0 Å². The van der Waals surface area contributed by atoms with Crippen molar-refractivity contribution in [3.63, 3.8) is 0 Å². The Hall–Kier alpha value is -2.47. The number of carbonyl (C=O) groups excluding carboxylic acids is 1. The summed E-state index contributed by atoms with van der Waals surface area (Å²) < 4.78 is 15.1. The Labute approximate surface area is 181 Å². The molecule has 0 aromatic heterocycles. The van der Waals surface area contributed by atoms with Gasteiger partial charge in [0.1, 0.15) is 6.10 Å². The van der Waals surface area contributed by atoms with Crippen molar-refractivity contribution in [3.8, 4) is 0 Å². The third-order valence-electron chi connectivity index (χ3n) is 4.28. The first-order chi connectivity index (χ1) is 14.1. The Morgan fingerprint density at radius 1 is 0.931 bits per heavy atom. The summed E-state index contributed by atoms with van der Waals surface area (Å²) in [6.45, 7) is 0. The summed E-state index contributed by atoms with van der Waals surface area (Å²) >= 11 is 11.9. The molecular formula is C22H16Cl2N2O2S. The van der Waals surface area contributed by atoms with Crippen LogP contribution in [0.25, 0.3) is 0 Å². The van der Waals surface area contributed by atoms with Crippen molar-refractivity contribution in [1.29, 1.82) is 0 Å². The van der Waals surface area contributed by atoms with E-state index in [1.165, 1.54) is 0 Å². The van der Waals surface area contributed by atoms with E-state index >= 15 is 0 Å². The van der Waals surface area contributed by atoms with E-state index in [4.69, 9.17) is 27.9 Å². The predicted molar refractivity (Wildman–Crippen MR) is 119 cm³/mol. The summed E-state index contributed by atoms with van der Waals surface area (Å²) in [7, 11) is -0.875. The van der Waals surface area contributed by atoms with Gasteiger partial charge in [-0.05, 0) is 54.1 Å². The van der Waals surface area contributed by atoms with Crippen LogP contribution in [-0.2, 0) is 15.6 Å². The van der Waals surface area contributed by atoms with Gasteiger partial charge in [-0.15, -0.1) is 0 Å². The monoisotopic (exact) mass is 442 g/mol. The minimum Gasteiger partial charge on any atom is -0.468 e. The molecule has 1 heterocycles. The highest BCUT2D eigenvalue weighted by molar-refractivity contribution is 7.86. The predicted octanol–water partition coefficient (Wildman–Crippen LogP) is 6.07. The first-order valence-electron chi connectivity index (χ1n) is 8.87. The lowest BCUT2D eigenvalue weighted by Crippen LogP contribution is -2.24. The number of carbonyl (C=O) groups is 1. The molecule has 0 spiro atoms. The van der Waals surface area contributed by atoms with Crippen molar-refractivity contribution in [1.82, 2.24) is 0 Å². The summed E-state index contributed by atoms with van der Waals surface area (Å²) in [5, 5.41) is 1.20. The normalized spacial score (nSPS) is 18.8. The lowest BCUT2D eigenvalue weighted by atomic mass is 10.1. The molecule has 3 aromatic rings. The smallest absolute Gasteiger partial charge is 0.284 e. The van der Waals surface area contributed by atoms with Crippen molar-refractivity contribution in [3.05, 3.63) is 106 Å². The molecule has 7 heteroatoms. The zero-order valence-corrected chi connectivity index (χ0v) is 17.5.